The summed E-state index contributed by atoms with van der Waals surface area (Å²) in [5.41, 5.74) is 2.67. The molecule has 0 spiro atoms. The van der Waals surface area contributed by atoms with Gasteiger partial charge in [-0.1, -0.05) is 95.7 Å². The number of nitrogens with one attached hydrogen (secondary N) is 2. The van der Waals surface area contributed by atoms with Crippen molar-refractivity contribution in [1.82, 2.24) is 15.5 Å². The van der Waals surface area contributed by atoms with Crippen LogP contribution in [0.1, 0.15) is 11.1 Å². The lowest BCUT2D eigenvalue weighted by Crippen LogP contribution is -2.44. The van der Waals surface area contributed by atoms with Crippen LogP contribution in [-0.2, 0) is 16.0 Å². The third-order valence-corrected chi connectivity index (χ3v) is 6.03. The number of benzene rings is 3. The van der Waals surface area contributed by atoms with Crippen LogP contribution in [0.25, 0.3) is 16.6 Å². The Morgan fingerprint density at radius 3 is 2.29 bits per heavy atom. The van der Waals surface area contributed by atoms with E-state index in [0.717, 1.165) is 16.7 Å². The van der Waals surface area contributed by atoms with E-state index < -0.39 is 6.04 Å². The van der Waals surface area contributed by atoms with Crippen LogP contribution < -0.4 is 10.6 Å². The summed E-state index contributed by atoms with van der Waals surface area (Å²) in [5, 5.41) is 15.4. The smallest absolute Gasteiger partial charge is 0.249 e. The molecular weight excluding hydrogens is 468 g/mol. The maximum absolute atomic E-state index is 13.1. The van der Waals surface area contributed by atoms with Crippen molar-refractivity contribution in [3.8, 4) is 10.6 Å². The van der Waals surface area contributed by atoms with E-state index in [0.29, 0.717) is 21.6 Å². The van der Waals surface area contributed by atoms with Crippen molar-refractivity contribution in [2.24, 2.45) is 0 Å². The monoisotopic (exact) mass is 488 g/mol. The second-order valence-corrected chi connectivity index (χ2v) is 8.82. The molecule has 0 bridgehead atoms. The van der Waals surface area contributed by atoms with Crippen LogP contribution in [0.15, 0.2) is 91.0 Å². The number of amides is 2. The highest BCUT2D eigenvalue weighted by Gasteiger charge is 2.22. The molecular formula is C26H21ClN4O2S. The molecule has 8 heteroatoms. The van der Waals surface area contributed by atoms with E-state index in [1.54, 1.807) is 18.2 Å². The van der Waals surface area contributed by atoms with E-state index in [1.807, 2.05) is 72.8 Å². The van der Waals surface area contributed by atoms with Crippen molar-refractivity contribution in [2.45, 2.75) is 12.5 Å². The van der Waals surface area contributed by atoms with E-state index >= 15 is 0 Å². The molecule has 0 aliphatic heterocycles. The molecule has 2 N–H and O–H groups in total. The minimum absolute atomic E-state index is 0.334. The first kappa shape index (κ1) is 23.4. The quantitative estimate of drug-likeness (QED) is 0.332. The average molecular weight is 489 g/mol. The van der Waals surface area contributed by atoms with Crippen LogP contribution in [0.4, 0.5) is 5.13 Å². The van der Waals surface area contributed by atoms with Gasteiger partial charge in [-0.15, -0.1) is 10.2 Å². The standard InChI is InChI=1S/C26H21ClN4O2S/c27-21-14-12-20(13-15-21)25-30-31-26(34-25)29-24(33)22(17-19-9-5-2-6-10-19)28-23(32)16-11-18-7-3-1-4-8-18/h1-16,22H,17H2,(H,28,32)(H,29,31,33)/b16-11+. The van der Waals surface area contributed by atoms with Crippen molar-refractivity contribution in [3.63, 3.8) is 0 Å². The summed E-state index contributed by atoms with van der Waals surface area (Å²) in [6, 6.07) is 25.4. The first-order valence-electron chi connectivity index (χ1n) is 10.5. The Balaban J connectivity index is 1.46. The van der Waals surface area contributed by atoms with Crippen molar-refractivity contribution in [1.29, 1.82) is 0 Å². The molecule has 1 atom stereocenters. The van der Waals surface area contributed by atoms with Gasteiger partial charge in [0.25, 0.3) is 0 Å². The fraction of sp³-hybridized carbons (Fsp3) is 0.0769. The summed E-state index contributed by atoms with van der Waals surface area (Å²) in [4.78, 5) is 25.7. The van der Waals surface area contributed by atoms with Crippen LogP contribution in [-0.4, -0.2) is 28.1 Å². The average Bonchev–Trinajstić information content (AvgIpc) is 3.32. The SMILES string of the molecule is O=C(/C=C/c1ccccc1)NC(Cc1ccccc1)C(=O)Nc1nnc(-c2ccc(Cl)cc2)s1. The zero-order valence-electron chi connectivity index (χ0n) is 18.0. The summed E-state index contributed by atoms with van der Waals surface area (Å²) in [7, 11) is 0. The molecule has 3 aromatic carbocycles. The summed E-state index contributed by atoms with van der Waals surface area (Å²) >= 11 is 7.19. The van der Waals surface area contributed by atoms with Crippen molar-refractivity contribution in [3.05, 3.63) is 107 Å². The number of aromatic nitrogens is 2. The van der Waals surface area contributed by atoms with Gasteiger partial charge in [-0.05, 0) is 29.3 Å². The molecule has 4 rings (SSSR count). The Bertz CT molecular complexity index is 1280. The van der Waals surface area contributed by atoms with Crippen molar-refractivity contribution >= 4 is 46.0 Å². The third kappa shape index (κ3) is 6.60. The summed E-state index contributed by atoms with van der Waals surface area (Å²) in [5.74, 6) is -0.733. The van der Waals surface area contributed by atoms with Crippen LogP contribution in [0.3, 0.4) is 0 Å². The Morgan fingerprint density at radius 2 is 1.59 bits per heavy atom. The summed E-state index contributed by atoms with van der Waals surface area (Å²) in [6.45, 7) is 0. The van der Waals surface area contributed by atoms with Crippen molar-refractivity contribution in [2.75, 3.05) is 5.32 Å². The van der Waals surface area contributed by atoms with E-state index in [-0.39, 0.29) is 11.8 Å². The van der Waals surface area contributed by atoms with Gasteiger partial charge >= 0.3 is 0 Å². The molecule has 0 aliphatic carbocycles. The fourth-order valence-corrected chi connectivity index (χ4v) is 4.07. The molecule has 1 aromatic heterocycles. The van der Waals surface area contributed by atoms with Gasteiger partial charge in [-0.2, -0.15) is 0 Å². The molecule has 4 aromatic rings. The van der Waals surface area contributed by atoms with Crippen LogP contribution >= 0.6 is 22.9 Å². The van der Waals surface area contributed by atoms with Gasteiger partial charge in [0.2, 0.25) is 16.9 Å². The Labute approximate surface area is 206 Å². The first-order valence-corrected chi connectivity index (χ1v) is 11.7. The zero-order chi connectivity index (χ0) is 23.8. The molecule has 1 unspecified atom stereocenters. The molecule has 34 heavy (non-hydrogen) atoms. The van der Waals surface area contributed by atoms with Gasteiger partial charge < -0.3 is 5.32 Å². The molecule has 0 saturated carbocycles. The zero-order valence-corrected chi connectivity index (χ0v) is 19.6. The van der Waals surface area contributed by atoms with Crippen LogP contribution in [0.5, 0.6) is 0 Å². The molecule has 2 amide bonds. The molecule has 1 heterocycles. The van der Waals surface area contributed by atoms with E-state index in [4.69, 9.17) is 11.6 Å². The maximum Gasteiger partial charge on any atom is 0.249 e. The number of hydrogen-bond acceptors (Lipinski definition) is 5. The van der Waals surface area contributed by atoms with E-state index in [9.17, 15) is 9.59 Å². The maximum atomic E-state index is 13.1. The number of anilines is 1. The Kier molecular flexibility index (Phi) is 7.80. The lowest BCUT2D eigenvalue weighted by Gasteiger charge is -2.17. The van der Waals surface area contributed by atoms with Gasteiger partial charge in [0, 0.05) is 23.1 Å². The lowest BCUT2D eigenvalue weighted by atomic mass is 10.1. The molecule has 0 radical (unpaired) electrons. The van der Waals surface area contributed by atoms with Crippen molar-refractivity contribution < 1.29 is 9.59 Å². The molecule has 0 saturated heterocycles. The van der Waals surface area contributed by atoms with Crippen LogP contribution in [0.2, 0.25) is 5.02 Å². The molecule has 170 valence electrons. The number of rotatable bonds is 8. The lowest BCUT2D eigenvalue weighted by molar-refractivity contribution is -0.123. The van der Waals surface area contributed by atoms with E-state index in [2.05, 4.69) is 20.8 Å². The van der Waals surface area contributed by atoms with Gasteiger partial charge in [0.05, 0.1) is 0 Å². The molecule has 0 fully saturated rings. The third-order valence-electron chi connectivity index (χ3n) is 4.89. The van der Waals surface area contributed by atoms with Gasteiger partial charge in [-0.25, -0.2) is 0 Å². The number of carbonyl (C=O) groups excluding carboxylic acids is 2. The Hall–Kier alpha value is -3.81. The number of carbonyl (C=O) groups is 2. The normalized spacial score (nSPS) is 11.8. The van der Waals surface area contributed by atoms with Crippen LogP contribution in [0, 0.1) is 0 Å². The number of hydrogen-bond donors (Lipinski definition) is 2. The topological polar surface area (TPSA) is 84.0 Å². The fourth-order valence-electron chi connectivity index (χ4n) is 3.19. The van der Waals surface area contributed by atoms with Gasteiger partial charge in [0.15, 0.2) is 0 Å². The summed E-state index contributed by atoms with van der Waals surface area (Å²) < 4.78 is 0. The molecule has 0 aliphatic rings. The first-order chi connectivity index (χ1) is 16.6. The van der Waals surface area contributed by atoms with Gasteiger partial charge in [-0.3, -0.25) is 14.9 Å². The number of nitrogens with zero attached hydrogens (tertiary/aromatic N) is 2. The predicted octanol–water partition coefficient (Wildman–Crippen LogP) is 5.24. The minimum Gasteiger partial charge on any atom is -0.340 e. The minimum atomic E-state index is -0.793. The highest BCUT2D eigenvalue weighted by molar-refractivity contribution is 7.18. The second kappa shape index (κ2) is 11.4. The predicted molar refractivity (Wildman–Crippen MR) is 137 cm³/mol. The highest BCUT2D eigenvalue weighted by atomic mass is 35.5. The Morgan fingerprint density at radius 1 is 0.912 bits per heavy atom. The largest absolute Gasteiger partial charge is 0.340 e. The van der Waals surface area contributed by atoms with Gasteiger partial charge in [0.1, 0.15) is 11.0 Å². The van der Waals surface area contributed by atoms with E-state index in [1.165, 1.54) is 17.4 Å². The molecule has 6 nitrogen and oxygen atoms in total. The second-order valence-electron chi connectivity index (χ2n) is 7.40. The number of halogens is 1. The highest BCUT2D eigenvalue weighted by Crippen LogP contribution is 2.27. The summed E-state index contributed by atoms with van der Waals surface area (Å²) in [6.07, 6.45) is 3.46.